The largest absolute Gasteiger partial charge is 0.356 e. The highest BCUT2D eigenvalue weighted by Crippen LogP contribution is 2.15. The number of hydrazone groups is 1. The fourth-order valence-electron chi connectivity index (χ4n) is 2.18. The minimum absolute atomic E-state index is 0.0489. The van der Waals surface area contributed by atoms with Gasteiger partial charge in [0.05, 0.1) is 11.4 Å². The third kappa shape index (κ3) is 6.10. The zero-order valence-electron chi connectivity index (χ0n) is 12.9. The first-order chi connectivity index (χ1) is 9.30. The van der Waals surface area contributed by atoms with Crippen molar-refractivity contribution in [3.8, 4) is 0 Å². The fourth-order valence-corrected chi connectivity index (χ4v) is 2.50. The van der Waals surface area contributed by atoms with Gasteiger partial charge >= 0.3 is 0 Å². The Balaban J connectivity index is 2.55. The van der Waals surface area contributed by atoms with Crippen molar-refractivity contribution in [3.63, 3.8) is 0 Å². The van der Waals surface area contributed by atoms with E-state index in [0.717, 1.165) is 17.8 Å². The molecule has 0 aromatic carbocycles. The van der Waals surface area contributed by atoms with Crippen LogP contribution in [0, 0.1) is 5.92 Å². The number of nitrogens with one attached hydrogen (secondary N) is 2. The van der Waals surface area contributed by atoms with Crippen molar-refractivity contribution in [2.24, 2.45) is 11.0 Å². The lowest BCUT2D eigenvalue weighted by Gasteiger charge is -2.29. The lowest BCUT2D eigenvalue weighted by Crippen LogP contribution is -2.47. The maximum Gasteiger partial charge on any atom is 0.187 e. The maximum absolute atomic E-state index is 5.27. The van der Waals surface area contributed by atoms with Gasteiger partial charge < -0.3 is 5.32 Å². The molecule has 0 amide bonds. The summed E-state index contributed by atoms with van der Waals surface area (Å²) in [4.78, 5) is 4.24. The molecule has 1 aromatic heterocycles. The van der Waals surface area contributed by atoms with Gasteiger partial charge in [-0.05, 0) is 57.5 Å². The highest BCUT2D eigenvalue weighted by molar-refractivity contribution is 7.80. The molecule has 0 aliphatic heterocycles. The summed E-state index contributed by atoms with van der Waals surface area (Å²) in [5, 5.41) is 8.08. The van der Waals surface area contributed by atoms with Gasteiger partial charge in [0.2, 0.25) is 0 Å². The van der Waals surface area contributed by atoms with Crippen molar-refractivity contribution in [2.45, 2.75) is 46.6 Å². The van der Waals surface area contributed by atoms with Crippen molar-refractivity contribution < 1.29 is 0 Å². The molecule has 2 N–H and O–H groups in total. The minimum Gasteiger partial charge on any atom is -0.356 e. The third-order valence-corrected chi connectivity index (χ3v) is 2.92. The number of thiocarbonyl (C=S) groups is 1. The second-order valence-electron chi connectivity index (χ2n) is 5.96. The van der Waals surface area contributed by atoms with Crippen LogP contribution in [0.1, 0.15) is 46.7 Å². The average molecular weight is 292 g/mol. The Hall–Kier alpha value is -1.49. The summed E-state index contributed by atoms with van der Waals surface area (Å²) in [6, 6.07) is 5.73. The summed E-state index contributed by atoms with van der Waals surface area (Å²) >= 11 is 5.27. The molecule has 0 saturated heterocycles. The van der Waals surface area contributed by atoms with Gasteiger partial charge in [-0.15, -0.1) is 0 Å². The first kappa shape index (κ1) is 16.6. The third-order valence-electron chi connectivity index (χ3n) is 2.73. The molecule has 1 rings (SSSR count). The van der Waals surface area contributed by atoms with Gasteiger partial charge in [0.15, 0.2) is 5.11 Å². The van der Waals surface area contributed by atoms with E-state index in [2.05, 4.69) is 48.5 Å². The molecule has 0 bridgehead atoms. The van der Waals surface area contributed by atoms with Crippen LogP contribution in [0.4, 0.5) is 0 Å². The Kier molecular flexibility index (Phi) is 6.07. The average Bonchev–Trinajstić information content (AvgIpc) is 2.34. The first-order valence-corrected chi connectivity index (χ1v) is 7.25. The van der Waals surface area contributed by atoms with Crippen LogP contribution in [-0.2, 0) is 0 Å². The highest BCUT2D eigenvalue weighted by Gasteiger charge is 2.19. The van der Waals surface area contributed by atoms with Crippen molar-refractivity contribution in [2.75, 3.05) is 0 Å². The van der Waals surface area contributed by atoms with Crippen LogP contribution in [0.3, 0.4) is 0 Å². The Morgan fingerprint density at radius 3 is 2.65 bits per heavy atom. The van der Waals surface area contributed by atoms with Crippen LogP contribution in [0.2, 0.25) is 0 Å². The fraction of sp³-hybridized carbons (Fsp3) is 0.533. The van der Waals surface area contributed by atoms with Crippen molar-refractivity contribution in [1.82, 2.24) is 15.7 Å². The molecule has 4 nitrogen and oxygen atoms in total. The van der Waals surface area contributed by atoms with Gasteiger partial charge in [0.25, 0.3) is 0 Å². The molecule has 0 saturated carbocycles. The van der Waals surface area contributed by atoms with Crippen LogP contribution >= 0.6 is 12.2 Å². The number of rotatable bonds is 5. The summed E-state index contributed by atoms with van der Waals surface area (Å²) in [6.45, 7) is 10.6. The van der Waals surface area contributed by atoms with Gasteiger partial charge in [0.1, 0.15) is 0 Å². The SMILES string of the molecule is C/C(=N\NC(=S)NC(C)(C)CC(C)C)c1ccccn1. The molecule has 0 spiro atoms. The molecular weight excluding hydrogens is 268 g/mol. The summed E-state index contributed by atoms with van der Waals surface area (Å²) in [7, 11) is 0. The highest BCUT2D eigenvalue weighted by atomic mass is 32.1. The van der Waals surface area contributed by atoms with Crippen LogP contribution in [-0.4, -0.2) is 21.3 Å². The number of nitrogens with zero attached hydrogens (tertiary/aromatic N) is 2. The van der Waals surface area contributed by atoms with Crippen molar-refractivity contribution in [1.29, 1.82) is 0 Å². The molecule has 110 valence electrons. The molecule has 0 radical (unpaired) electrons. The summed E-state index contributed by atoms with van der Waals surface area (Å²) in [5.41, 5.74) is 4.47. The zero-order chi connectivity index (χ0) is 15.2. The predicted molar refractivity (Wildman–Crippen MR) is 88.9 cm³/mol. The van der Waals surface area contributed by atoms with Gasteiger partial charge in [-0.1, -0.05) is 19.9 Å². The number of hydrogen-bond donors (Lipinski definition) is 2. The molecule has 0 atom stereocenters. The van der Waals surface area contributed by atoms with E-state index < -0.39 is 0 Å². The monoisotopic (exact) mass is 292 g/mol. The standard InChI is InChI=1S/C15H24N4S/c1-11(2)10-15(4,5)17-14(20)19-18-12(3)13-8-6-7-9-16-13/h6-9,11H,10H2,1-5H3,(H2,17,19,20)/b18-12+. The van der Waals surface area contributed by atoms with Crippen LogP contribution in [0.5, 0.6) is 0 Å². The number of hydrogen-bond acceptors (Lipinski definition) is 3. The van der Waals surface area contributed by atoms with Gasteiger partial charge in [-0.3, -0.25) is 10.4 Å². The number of pyridine rings is 1. The van der Waals surface area contributed by atoms with Crippen molar-refractivity contribution in [3.05, 3.63) is 30.1 Å². The van der Waals surface area contributed by atoms with E-state index in [0.29, 0.717) is 11.0 Å². The Morgan fingerprint density at radius 1 is 1.40 bits per heavy atom. The van der Waals surface area contributed by atoms with Crippen LogP contribution in [0.15, 0.2) is 29.5 Å². The number of aromatic nitrogens is 1. The van der Waals surface area contributed by atoms with Gasteiger partial charge in [-0.25, -0.2) is 0 Å². The molecular formula is C15H24N4S. The van der Waals surface area contributed by atoms with Crippen LogP contribution < -0.4 is 10.7 Å². The quantitative estimate of drug-likeness (QED) is 0.497. The van der Waals surface area contributed by atoms with Gasteiger partial charge in [-0.2, -0.15) is 5.10 Å². The molecule has 1 heterocycles. The topological polar surface area (TPSA) is 49.3 Å². The Bertz CT molecular complexity index is 466. The zero-order valence-corrected chi connectivity index (χ0v) is 13.7. The molecule has 5 heteroatoms. The molecule has 1 aromatic rings. The molecule has 0 fully saturated rings. The first-order valence-electron chi connectivity index (χ1n) is 6.84. The molecule has 0 aliphatic carbocycles. The normalized spacial score (nSPS) is 12.4. The Morgan fingerprint density at radius 2 is 2.10 bits per heavy atom. The Labute approximate surface area is 127 Å². The van der Waals surface area contributed by atoms with Crippen molar-refractivity contribution >= 4 is 23.0 Å². The molecule has 0 unspecified atom stereocenters. The second kappa shape index (κ2) is 7.33. The van der Waals surface area contributed by atoms with E-state index >= 15 is 0 Å². The summed E-state index contributed by atoms with van der Waals surface area (Å²) < 4.78 is 0. The predicted octanol–water partition coefficient (Wildman–Crippen LogP) is 3.09. The van der Waals surface area contributed by atoms with E-state index in [9.17, 15) is 0 Å². The lowest BCUT2D eigenvalue weighted by atomic mass is 9.93. The van der Waals surface area contributed by atoms with E-state index in [1.165, 1.54) is 0 Å². The smallest absolute Gasteiger partial charge is 0.187 e. The van der Waals surface area contributed by atoms with E-state index in [-0.39, 0.29) is 5.54 Å². The minimum atomic E-state index is -0.0489. The summed E-state index contributed by atoms with van der Waals surface area (Å²) in [6.07, 6.45) is 2.79. The van der Waals surface area contributed by atoms with E-state index in [1.807, 2.05) is 25.1 Å². The molecule has 20 heavy (non-hydrogen) atoms. The molecule has 0 aliphatic rings. The van der Waals surface area contributed by atoms with Gasteiger partial charge in [0, 0.05) is 11.7 Å². The van der Waals surface area contributed by atoms with E-state index in [4.69, 9.17) is 12.2 Å². The lowest BCUT2D eigenvalue weighted by molar-refractivity contribution is 0.362. The summed E-state index contributed by atoms with van der Waals surface area (Å²) in [5.74, 6) is 0.610. The van der Waals surface area contributed by atoms with E-state index in [1.54, 1.807) is 6.20 Å². The maximum atomic E-state index is 5.27. The van der Waals surface area contributed by atoms with Crippen LogP contribution in [0.25, 0.3) is 0 Å². The second-order valence-corrected chi connectivity index (χ2v) is 6.37.